The van der Waals surface area contributed by atoms with E-state index >= 15 is 0 Å². The van der Waals surface area contributed by atoms with E-state index in [0.29, 0.717) is 0 Å². The van der Waals surface area contributed by atoms with E-state index in [4.69, 9.17) is 0 Å². The summed E-state index contributed by atoms with van der Waals surface area (Å²) < 4.78 is -3.29. The minimum Gasteiger partial charge on any atom is 1.00 e. The molecule has 0 bridgehead atoms. The summed E-state index contributed by atoms with van der Waals surface area (Å²) in [5, 5.41) is 0. The van der Waals surface area contributed by atoms with Gasteiger partial charge in [-0.15, -0.1) is 0 Å². The van der Waals surface area contributed by atoms with E-state index in [2.05, 4.69) is 81.0 Å². The molecule has 0 saturated carbocycles. The van der Waals surface area contributed by atoms with E-state index in [1.165, 1.54) is 0 Å². The van der Waals surface area contributed by atoms with Gasteiger partial charge in [0.15, 0.2) is 0 Å². The van der Waals surface area contributed by atoms with Crippen molar-refractivity contribution in [1.29, 1.82) is 0 Å². The summed E-state index contributed by atoms with van der Waals surface area (Å²) in [5.41, 5.74) is 0. The molecule has 0 aromatic rings. The number of halogens is 6. The Morgan fingerprint density at radius 2 is 0.462 bits per heavy atom. The van der Waals surface area contributed by atoms with Crippen LogP contribution in [0.1, 0.15) is 2.85 Å². The van der Waals surface area contributed by atoms with E-state index in [1.807, 2.05) is 0 Å². The molecule has 6 nitrogen and oxygen atoms in total. The van der Waals surface area contributed by atoms with Crippen LogP contribution in [0.5, 0.6) is 0 Å². The van der Waals surface area contributed by atoms with Gasteiger partial charge in [0, 0.05) is 0 Å². The first-order chi connectivity index (χ1) is 2.45. The molecule has 0 spiro atoms. The van der Waals surface area contributed by atoms with E-state index in [0.717, 1.165) is 0 Å². The molecule has 0 amide bonds. The zero-order valence-corrected chi connectivity index (χ0v) is 17.5. The molecule has 0 rings (SSSR count). The fourth-order valence-corrected chi connectivity index (χ4v) is 0. The Hall–Kier alpha value is 3.29. The number of rotatable bonds is 0. The molecule has 0 saturated heterocycles. The Kier molecular flexibility index (Phi) is 31.7. The largest absolute Gasteiger partial charge is 1.00 e. The van der Waals surface area contributed by atoms with Gasteiger partial charge in [0.2, 0.25) is 0 Å². The van der Waals surface area contributed by atoms with Crippen molar-refractivity contribution >= 4 is 81.0 Å². The summed E-state index contributed by atoms with van der Waals surface area (Å²) in [7, 11) is 0. The summed E-state index contributed by atoms with van der Waals surface area (Å²) in [6.07, 6.45) is 0. The fraction of sp³-hybridized carbons (Fsp3) is 0. The maximum atomic E-state index is 3.35. The topological polar surface area (TPSA) is 189 Å². The zero-order valence-electron chi connectivity index (χ0n) is 7.60. The van der Waals surface area contributed by atoms with Gasteiger partial charge in [0.05, 0.1) is 0 Å². The van der Waals surface area contributed by atoms with Gasteiger partial charge >= 0.3 is 84.7 Å². The molecule has 13 heteroatoms. The van der Waals surface area contributed by atoms with Crippen molar-refractivity contribution in [3.05, 3.63) is 0 Å². The third kappa shape index (κ3) is 250. The average Bonchev–Trinajstić information content (AvgIpc) is 0.592. The molecule has 0 heterocycles. The molecule has 0 fully saturated rings. The second-order valence-corrected chi connectivity index (χ2v) is 158. The molecule has 0 aromatic carbocycles. The molecule has 101 valence electrons. The smallest absolute Gasteiger partial charge is 1.00 e. The van der Waals surface area contributed by atoms with Gasteiger partial charge in [-0.05, 0) is 0 Å². The van der Waals surface area contributed by atoms with Crippen LogP contribution in [0.3, 0.4) is 0 Å². The minimum absolute atomic E-state index is 0. The maximum absolute atomic E-state index is 3.35. The summed E-state index contributed by atoms with van der Waals surface area (Å²) in [6.45, 7) is 0. The second kappa shape index (κ2) is 9.33. The molecule has 0 aliphatic carbocycles. The summed E-state index contributed by atoms with van der Waals surface area (Å²) in [5.74, 6) is 0. The van der Waals surface area contributed by atoms with Crippen LogP contribution in [0, 0.1) is 0 Å². The first kappa shape index (κ1) is 44.1. The van der Waals surface area contributed by atoms with Crippen LogP contribution in [0.15, 0.2) is 0 Å². The Morgan fingerprint density at radius 3 is 0.462 bits per heavy atom. The van der Waals surface area contributed by atoms with Gasteiger partial charge in [-0.2, -0.15) is 0 Å². The van der Waals surface area contributed by atoms with Crippen molar-refractivity contribution in [2.45, 2.75) is 0 Å². The van der Waals surface area contributed by atoms with Crippen LogP contribution in [-0.4, -0.2) is 32.9 Å². The molecular formula is H14Br6IrO6. The van der Waals surface area contributed by atoms with Crippen LogP contribution in [-0.2, 0) is 0.881 Å². The predicted molar refractivity (Wildman–Crippen MR) is 77.5 cm³/mol. The third-order valence-electron chi connectivity index (χ3n) is 0. The zero-order chi connectivity index (χ0) is 6.41. The predicted octanol–water partition coefficient (Wildman–Crippen LogP) is 0.348. The SMILES string of the molecule is O.O.O.O.O.O.[Br][Ir-2]([Br])([Br])([Br])([Br])[Br].[H+].[H+]. The normalized spacial score (nSPS) is 12.5. The van der Waals surface area contributed by atoms with Crippen molar-refractivity contribution in [3.63, 3.8) is 0 Å². The third-order valence-corrected chi connectivity index (χ3v) is 0. The molecule has 0 aliphatic heterocycles. The van der Waals surface area contributed by atoms with Gasteiger partial charge in [0.1, 0.15) is 0 Å². The van der Waals surface area contributed by atoms with Crippen molar-refractivity contribution < 1.29 is 36.6 Å². The monoisotopic (exact) mass is 777 g/mol. The van der Waals surface area contributed by atoms with Crippen molar-refractivity contribution in [2.24, 2.45) is 0 Å². The molecule has 13 heavy (non-hydrogen) atoms. The Morgan fingerprint density at radius 1 is 0.462 bits per heavy atom. The number of hydrogen-bond acceptors (Lipinski definition) is 0. The Bertz CT molecular complexity index is 84.2. The van der Waals surface area contributed by atoms with E-state index in [1.54, 1.807) is 0 Å². The maximum Gasteiger partial charge on any atom is 1.00 e. The fourth-order valence-electron chi connectivity index (χ4n) is 0. The minimum atomic E-state index is -3.29. The van der Waals surface area contributed by atoms with Gasteiger partial charge in [0.25, 0.3) is 0 Å². The molecule has 0 atom stereocenters. The van der Waals surface area contributed by atoms with Crippen LogP contribution >= 0.6 is 81.0 Å². The molecule has 0 radical (unpaired) electrons. The van der Waals surface area contributed by atoms with Gasteiger partial charge in [-0.3, -0.25) is 0 Å². The standard InChI is InChI=1S/6BrH.Ir.6H2O/h6*1H;;6*1H2/q;;;;;;+4;;;;;;/p-4. The molecular weight excluding hydrogens is 768 g/mol. The van der Waals surface area contributed by atoms with E-state index in [9.17, 15) is 0 Å². The Balaban J connectivity index is -0.00000000643. The van der Waals surface area contributed by atoms with Crippen LogP contribution < -0.4 is 0 Å². The number of hydrogen-bond donors (Lipinski definition) is 0. The first-order valence-corrected chi connectivity index (χ1v) is 32.2. The van der Waals surface area contributed by atoms with Gasteiger partial charge in [-0.1, -0.05) is 0 Å². The van der Waals surface area contributed by atoms with E-state index < -0.39 is 0.881 Å². The quantitative estimate of drug-likeness (QED) is 0.329. The molecule has 0 unspecified atom stereocenters. The van der Waals surface area contributed by atoms with Gasteiger partial charge in [-0.25, -0.2) is 0 Å². The van der Waals surface area contributed by atoms with Crippen LogP contribution in [0.2, 0.25) is 0 Å². The molecule has 0 aliphatic rings. The average molecular weight is 782 g/mol. The van der Waals surface area contributed by atoms with Crippen LogP contribution in [0.25, 0.3) is 0 Å². The van der Waals surface area contributed by atoms with Crippen molar-refractivity contribution in [1.82, 2.24) is 0 Å². The molecule has 0 aromatic heterocycles. The summed E-state index contributed by atoms with van der Waals surface area (Å²) in [6, 6.07) is 0. The summed E-state index contributed by atoms with van der Waals surface area (Å²) >= 11 is 20.1. The van der Waals surface area contributed by atoms with Crippen LogP contribution in [0.4, 0.5) is 0 Å². The summed E-state index contributed by atoms with van der Waals surface area (Å²) in [4.78, 5) is 0. The van der Waals surface area contributed by atoms with Crippen molar-refractivity contribution in [3.8, 4) is 0 Å². The first-order valence-electron chi connectivity index (χ1n) is 0.756. The van der Waals surface area contributed by atoms with E-state index in [-0.39, 0.29) is 35.7 Å². The second-order valence-electron chi connectivity index (χ2n) is 0.714. The molecule has 12 N–H and O–H groups in total. The Labute approximate surface area is 116 Å². The van der Waals surface area contributed by atoms with Crippen molar-refractivity contribution in [2.75, 3.05) is 0 Å². The van der Waals surface area contributed by atoms with Gasteiger partial charge < -0.3 is 32.9 Å².